The van der Waals surface area contributed by atoms with Crippen LogP contribution in [-0.4, -0.2) is 24.7 Å². The van der Waals surface area contributed by atoms with E-state index in [1.807, 2.05) is 30.3 Å². The minimum Gasteiger partial charge on any atom is -0.496 e. The zero-order valence-electron chi connectivity index (χ0n) is 13.2. The number of hydrogen-bond donors (Lipinski definition) is 2. The number of nitrogens with one attached hydrogen (secondary N) is 1. The zero-order valence-corrected chi connectivity index (χ0v) is 13.2. The Hall–Kier alpha value is -2.33. The molecule has 0 saturated carbocycles. The number of fused-ring (bicyclic) bond motifs is 1. The normalized spacial score (nSPS) is 16.5. The van der Waals surface area contributed by atoms with E-state index < -0.39 is 0 Å². The molecule has 4 heteroatoms. The minimum atomic E-state index is -0.139. The summed E-state index contributed by atoms with van der Waals surface area (Å²) in [7, 11) is 1.65. The predicted octanol–water partition coefficient (Wildman–Crippen LogP) is 3.36. The van der Waals surface area contributed by atoms with Gasteiger partial charge in [-0.2, -0.15) is 0 Å². The van der Waals surface area contributed by atoms with Crippen LogP contribution in [0.5, 0.6) is 5.75 Å². The van der Waals surface area contributed by atoms with Crippen LogP contribution in [0.4, 0.5) is 5.69 Å². The highest BCUT2D eigenvalue weighted by molar-refractivity contribution is 6.04. The molecular formula is C19H21NO3. The maximum Gasteiger partial charge on any atom is 0.255 e. The Labute approximate surface area is 136 Å². The number of carbonyl (C=O) groups excluding carboxylic acids is 1. The van der Waals surface area contributed by atoms with Crippen molar-refractivity contribution < 1.29 is 14.6 Å². The summed E-state index contributed by atoms with van der Waals surface area (Å²) < 4.78 is 5.46. The van der Waals surface area contributed by atoms with E-state index in [9.17, 15) is 9.90 Å². The lowest BCUT2D eigenvalue weighted by molar-refractivity contribution is 0.102. The Morgan fingerprint density at radius 1 is 1.26 bits per heavy atom. The van der Waals surface area contributed by atoms with Gasteiger partial charge in [0.15, 0.2) is 0 Å². The zero-order chi connectivity index (χ0) is 16.2. The smallest absolute Gasteiger partial charge is 0.255 e. The summed E-state index contributed by atoms with van der Waals surface area (Å²) in [4.78, 5) is 12.4. The molecule has 4 nitrogen and oxygen atoms in total. The summed E-state index contributed by atoms with van der Waals surface area (Å²) in [5, 5.41) is 12.7. The van der Waals surface area contributed by atoms with Gasteiger partial charge in [0.25, 0.3) is 5.91 Å². The highest BCUT2D eigenvalue weighted by Crippen LogP contribution is 2.41. The van der Waals surface area contributed by atoms with E-state index >= 15 is 0 Å². The van der Waals surface area contributed by atoms with Crippen molar-refractivity contribution in [1.82, 2.24) is 0 Å². The molecule has 2 aromatic rings. The van der Waals surface area contributed by atoms with Crippen LogP contribution in [0, 0.1) is 0 Å². The highest BCUT2D eigenvalue weighted by Gasteiger charge is 2.26. The lowest BCUT2D eigenvalue weighted by Gasteiger charge is -2.28. The fourth-order valence-corrected chi connectivity index (χ4v) is 3.31. The summed E-state index contributed by atoms with van der Waals surface area (Å²) in [6.07, 6.45) is 2.85. The Morgan fingerprint density at radius 2 is 2.04 bits per heavy atom. The first-order valence-corrected chi connectivity index (χ1v) is 7.91. The summed E-state index contributed by atoms with van der Waals surface area (Å²) in [5.74, 6) is 0.732. The van der Waals surface area contributed by atoms with E-state index in [4.69, 9.17) is 4.74 Å². The van der Waals surface area contributed by atoms with Gasteiger partial charge < -0.3 is 15.2 Å². The third-order valence-corrected chi connectivity index (χ3v) is 4.43. The van der Waals surface area contributed by atoms with Crippen LogP contribution in [-0.2, 0) is 6.42 Å². The van der Waals surface area contributed by atoms with Crippen molar-refractivity contribution in [2.24, 2.45) is 0 Å². The molecule has 23 heavy (non-hydrogen) atoms. The Bertz CT molecular complexity index is 697. The highest BCUT2D eigenvalue weighted by atomic mass is 16.5. The van der Waals surface area contributed by atoms with E-state index in [0.717, 1.165) is 41.8 Å². The largest absolute Gasteiger partial charge is 0.496 e. The SMILES string of the molecule is COc1ccc(NC(=O)c2ccccc2)c2c1CCCC2CO. The van der Waals surface area contributed by atoms with Crippen LogP contribution >= 0.6 is 0 Å². The van der Waals surface area contributed by atoms with Crippen molar-refractivity contribution in [2.75, 3.05) is 19.0 Å². The number of carbonyl (C=O) groups is 1. The molecule has 0 aromatic heterocycles. The first-order chi connectivity index (χ1) is 11.2. The second-order valence-electron chi connectivity index (χ2n) is 5.80. The molecule has 0 spiro atoms. The van der Waals surface area contributed by atoms with Gasteiger partial charge in [0.2, 0.25) is 0 Å². The van der Waals surface area contributed by atoms with Gasteiger partial charge in [0.1, 0.15) is 5.75 Å². The molecule has 0 bridgehead atoms. The van der Waals surface area contributed by atoms with E-state index in [0.29, 0.717) is 5.56 Å². The molecule has 1 atom stereocenters. The molecule has 1 aliphatic carbocycles. The number of aliphatic hydroxyl groups excluding tert-OH is 1. The second-order valence-corrected chi connectivity index (χ2v) is 5.80. The van der Waals surface area contributed by atoms with E-state index in [-0.39, 0.29) is 18.4 Å². The molecule has 120 valence electrons. The molecule has 1 amide bonds. The predicted molar refractivity (Wildman–Crippen MR) is 90.2 cm³/mol. The first-order valence-electron chi connectivity index (χ1n) is 7.91. The summed E-state index contributed by atoms with van der Waals surface area (Å²) in [6.45, 7) is 0.0778. The maximum absolute atomic E-state index is 12.4. The van der Waals surface area contributed by atoms with Crippen molar-refractivity contribution >= 4 is 11.6 Å². The Balaban J connectivity index is 1.98. The molecule has 3 rings (SSSR count). The van der Waals surface area contributed by atoms with Gasteiger partial charge >= 0.3 is 0 Å². The lowest BCUT2D eigenvalue weighted by atomic mass is 9.81. The lowest BCUT2D eigenvalue weighted by Crippen LogP contribution is -2.20. The number of methoxy groups -OCH3 is 1. The van der Waals surface area contributed by atoms with Crippen LogP contribution in [0.2, 0.25) is 0 Å². The van der Waals surface area contributed by atoms with Crippen molar-refractivity contribution in [1.29, 1.82) is 0 Å². The number of benzene rings is 2. The monoisotopic (exact) mass is 311 g/mol. The molecule has 0 fully saturated rings. The third kappa shape index (κ3) is 3.08. The van der Waals surface area contributed by atoms with E-state index in [2.05, 4.69) is 5.32 Å². The summed E-state index contributed by atoms with van der Waals surface area (Å²) >= 11 is 0. The van der Waals surface area contributed by atoms with Crippen molar-refractivity contribution in [3.63, 3.8) is 0 Å². The molecule has 0 saturated heterocycles. The maximum atomic E-state index is 12.4. The Kier molecular flexibility index (Phi) is 4.63. The van der Waals surface area contributed by atoms with Gasteiger partial charge in [-0.05, 0) is 54.7 Å². The number of ether oxygens (including phenoxy) is 1. The van der Waals surface area contributed by atoms with E-state index in [1.54, 1.807) is 19.2 Å². The Morgan fingerprint density at radius 3 is 2.74 bits per heavy atom. The van der Waals surface area contributed by atoms with Gasteiger partial charge in [-0.15, -0.1) is 0 Å². The molecule has 1 unspecified atom stereocenters. The standard InChI is InChI=1S/C19H21NO3/c1-23-17-11-10-16(18-14(12-21)8-5-9-15(17)18)20-19(22)13-6-3-2-4-7-13/h2-4,6-7,10-11,14,21H,5,8-9,12H2,1H3,(H,20,22). The van der Waals surface area contributed by atoms with E-state index in [1.165, 1.54) is 0 Å². The minimum absolute atomic E-state index is 0.0416. The topological polar surface area (TPSA) is 58.6 Å². The molecule has 0 aliphatic heterocycles. The van der Waals surface area contributed by atoms with Crippen LogP contribution < -0.4 is 10.1 Å². The first kappa shape index (κ1) is 15.6. The fourth-order valence-electron chi connectivity index (χ4n) is 3.31. The quantitative estimate of drug-likeness (QED) is 0.910. The number of hydrogen-bond acceptors (Lipinski definition) is 3. The number of anilines is 1. The molecular weight excluding hydrogens is 290 g/mol. The number of aliphatic hydroxyl groups is 1. The molecule has 0 radical (unpaired) electrons. The van der Waals surface area contributed by atoms with Crippen LogP contribution in [0.25, 0.3) is 0 Å². The third-order valence-electron chi connectivity index (χ3n) is 4.43. The van der Waals surface area contributed by atoms with Gasteiger partial charge in [0.05, 0.1) is 13.7 Å². The summed E-state index contributed by atoms with van der Waals surface area (Å²) in [6, 6.07) is 12.9. The average molecular weight is 311 g/mol. The summed E-state index contributed by atoms with van der Waals surface area (Å²) in [5.41, 5.74) is 3.51. The number of amides is 1. The van der Waals surface area contributed by atoms with Crippen LogP contribution in [0.3, 0.4) is 0 Å². The number of rotatable bonds is 4. The molecule has 2 N–H and O–H groups in total. The van der Waals surface area contributed by atoms with Crippen LogP contribution in [0.15, 0.2) is 42.5 Å². The molecule has 2 aromatic carbocycles. The van der Waals surface area contributed by atoms with Gasteiger partial charge in [-0.25, -0.2) is 0 Å². The van der Waals surface area contributed by atoms with Crippen LogP contribution in [0.1, 0.15) is 40.2 Å². The molecule has 1 aliphatic rings. The van der Waals surface area contributed by atoms with Crippen molar-refractivity contribution in [3.05, 3.63) is 59.2 Å². The van der Waals surface area contributed by atoms with Crippen molar-refractivity contribution in [2.45, 2.75) is 25.2 Å². The van der Waals surface area contributed by atoms with Gasteiger partial charge in [-0.1, -0.05) is 18.2 Å². The van der Waals surface area contributed by atoms with Crippen molar-refractivity contribution in [3.8, 4) is 5.75 Å². The molecule has 0 heterocycles. The van der Waals surface area contributed by atoms with Gasteiger partial charge in [-0.3, -0.25) is 4.79 Å². The average Bonchev–Trinajstić information content (AvgIpc) is 2.62. The second kappa shape index (κ2) is 6.84. The van der Waals surface area contributed by atoms with Gasteiger partial charge in [0, 0.05) is 17.2 Å². The fraction of sp³-hybridized carbons (Fsp3) is 0.316.